The number of hydrogen-bond donors (Lipinski definition) is 2. The zero-order valence-corrected chi connectivity index (χ0v) is 18.5. The van der Waals surface area contributed by atoms with Gasteiger partial charge in [0.15, 0.2) is 16.3 Å². The number of rotatable bonds is 7. The maximum Gasteiger partial charge on any atom is 0.269 e. The Morgan fingerprint density at radius 2 is 1.84 bits per heavy atom. The van der Waals surface area contributed by atoms with E-state index in [0.29, 0.717) is 17.0 Å². The van der Waals surface area contributed by atoms with E-state index in [4.69, 9.17) is 21.7 Å². The Morgan fingerprint density at radius 1 is 1.13 bits per heavy atom. The Bertz CT molecular complexity index is 1120. The van der Waals surface area contributed by atoms with E-state index in [2.05, 4.69) is 21.3 Å². The van der Waals surface area contributed by atoms with E-state index in [1.165, 1.54) is 11.1 Å². The fourth-order valence-electron chi connectivity index (χ4n) is 3.92. The van der Waals surface area contributed by atoms with Gasteiger partial charge in [0, 0.05) is 38.1 Å². The summed E-state index contributed by atoms with van der Waals surface area (Å²) >= 11 is 5.36. The molecule has 3 aromatic rings. The van der Waals surface area contributed by atoms with Crippen molar-refractivity contribution >= 4 is 18.1 Å². The Labute approximate surface area is 186 Å². The van der Waals surface area contributed by atoms with Gasteiger partial charge in [0.1, 0.15) is 5.69 Å². The number of nitrogens with one attached hydrogen (secondary N) is 2. The number of aromatic amines is 1. The molecule has 0 aliphatic carbocycles. The van der Waals surface area contributed by atoms with Gasteiger partial charge < -0.3 is 19.8 Å². The molecule has 162 valence electrons. The number of hydrogen-bond acceptors (Lipinski definition) is 5. The average molecular weight is 439 g/mol. The van der Waals surface area contributed by atoms with Crippen molar-refractivity contribution in [2.45, 2.75) is 13.0 Å². The van der Waals surface area contributed by atoms with Crippen LogP contribution < -0.4 is 14.8 Å². The molecular formula is C23H26N4O3S. The molecule has 31 heavy (non-hydrogen) atoms. The topological polar surface area (TPSA) is 71.5 Å². The molecule has 1 aliphatic rings. The van der Waals surface area contributed by atoms with Gasteiger partial charge in [0.2, 0.25) is 0 Å². The number of benzene rings is 2. The van der Waals surface area contributed by atoms with Crippen LogP contribution in [0.1, 0.15) is 21.6 Å². The van der Waals surface area contributed by atoms with Gasteiger partial charge in [0.25, 0.3) is 5.91 Å². The highest BCUT2D eigenvalue weighted by molar-refractivity contribution is 7.71. The molecule has 1 aliphatic heterocycles. The number of amides is 1. The van der Waals surface area contributed by atoms with Crippen LogP contribution in [0, 0.1) is 4.77 Å². The third-order valence-electron chi connectivity index (χ3n) is 5.53. The first-order valence-electron chi connectivity index (χ1n) is 10.2. The van der Waals surface area contributed by atoms with Gasteiger partial charge in [-0.1, -0.05) is 18.2 Å². The summed E-state index contributed by atoms with van der Waals surface area (Å²) in [5, 5.41) is 3.02. The van der Waals surface area contributed by atoms with Gasteiger partial charge >= 0.3 is 0 Å². The van der Waals surface area contributed by atoms with Gasteiger partial charge in [-0.05, 0) is 54.0 Å². The van der Waals surface area contributed by atoms with Crippen LogP contribution in [0.5, 0.6) is 11.5 Å². The number of H-pyrrole nitrogens is 1. The molecule has 2 heterocycles. The number of fused-ring (bicyclic) bond motifs is 1. The minimum absolute atomic E-state index is 0.153. The van der Waals surface area contributed by atoms with E-state index in [9.17, 15) is 4.79 Å². The van der Waals surface area contributed by atoms with Gasteiger partial charge in [-0.3, -0.25) is 14.3 Å². The number of carbonyl (C=O) groups excluding carboxylic acids is 1. The lowest BCUT2D eigenvalue weighted by atomic mass is 9.99. The molecule has 2 N–H and O–H groups in total. The minimum Gasteiger partial charge on any atom is -0.493 e. The second kappa shape index (κ2) is 9.36. The highest BCUT2D eigenvalue weighted by Gasteiger charge is 2.20. The Balaban J connectivity index is 1.38. The van der Waals surface area contributed by atoms with Crippen LogP contribution in [0.2, 0.25) is 0 Å². The number of ether oxygens (including phenoxy) is 2. The molecule has 2 aromatic carbocycles. The number of carbonyl (C=O) groups is 1. The molecule has 7 nitrogen and oxygen atoms in total. The summed E-state index contributed by atoms with van der Waals surface area (Å²) in [6, 6.07) is 13.7. The molecule has 0 unspecified atom stereocenters. The summed E-state index contributed by atoms with van der Waals surface area (Å²) in [4.78, 5) is 18.1. The molecule has 1 amide bonds. The summed E-state index contributed by atoms with van der Waals surface area (Å²) in [6.07, 6.45) is 2.59. The average Bonchev–Trinajstić information content (AvgIpc) is 3.20. The van der Waals surface area contributed by atoms with Crippen molar-refractivity contribution in [3.63, 3.8) is 0 Å². The van der Waals surface area contributed by atoms with Crippen molar-refractivity contribution in [1.82, 2.24) is 19.8 Å². The smallest absolute Gasteiger partial charge is 0.269 e. The summed E-state index contributed by atoms with van der Waals surface area (Å²) in [5.74, 6) is 1.36. The highest BCUT2D eigenvalue weighted by atomic mass is 32.1. The highest BCUT2D eigenvalue weighted by Crippen LogP contribution is 2.33. The van der Waals surface area contributed by atoms with Crippen LogP contribution in [0.15, 0.2) is 48.7 Å². The van der Waals surface area contributed by atoms with Crippen LogP contribution in [0.3, 0.4) is 0 Å². The van der Waals surface area contributed by atoms with Crippen LogP contribution in [-0.4, -0.2) is 54.2 Å². The van der Waals surface area contributed by atoms with Crippen molar-refractivity contribution in [1.29, 1.82) is 0 Å². The first-order chi connectivity index (χ1) is 15.1. The lowest BCUT2D eigenvalue weighted by Crippen LogP contribution is -2.38. The second-order valence-electron chi connectivity index (χ2n) is 7.41. The summed E-state index contributed by atoms with van der Waals surface area (Å²) in [5.41, 5.74) is 3.87. The summed E-state index contributed by atoms with van der Waals surface area (Å²) in [6.45, 7) is 3.06. The monoisotopic (exact) mass is 438 g/mol. The van der Waals surface area contributed by atoms with E-state index < -0.39 is 0 Å². The van der Waals surface area contributed by atoms with Gasteiger partial charge in [-0.25, -0.2) is 0 Å². The van der Waals surface area contributed by atoms with Crippen LogP contribution in [0.4, 0.5) is 0 Å². The molecule has 1 aromatic heterocycles. The molecule has 0 fully saturated rings. The largest absolute Gasteiger partial charge is 0.493 e. The third-order valence-corrected chi connectivity index (χ3v) is 5.83. The van der Waals surface area contributed by atoms with Gasteiger partial charge in [0.05, 0.1) is 14.2 Å². The van der Waals surface area contributed by atoms with E-state index in [1.54, 1.807) is 25.0 Å². The van der Waals surface area contributed by atoms with Crippen molar-refractivity contribution in [2.24, 2.45) is 0 Å². The van der Waals surface area contributed by atoms with Crippen molar-refractivity contribution in [3.8, 4) is 17.2 Å². The first-order valence-corrected chi connectivity index (χ1v) is 10.6. The van der Waals surface area contributed by atoms with Crippen LogP contribution in [0.25, 0.3) is 5.69 Å². The molecule has 8 heteroatoms. The maximum atomic E-state index is 12.8. The number of para-hydroxylation sites is 1. The second-order valence-corrected chi connectivity index (χ2v) is 7.79. The Hall–Kier alpha value is -3.10. The van der Waals surface area contributed by atoms with Crippen molar-refractivity contribution in [3.05, 3.63) is 70.3 Å². The van der Waals surface area contributed by atoms with Crippen LogP contribution in [-0.2, 0) is 13.0 Å². The van der Waals surface area contributed by atoms with E-state index in [0.717, 1.165) is 43.2 Å². The molecule has 0 bridgehead atoms. The first kappa shape index (κ1) is 21.1. The third kappa shape index (κ3) is 4.50. The standard InChI is InChI=1S/C23H26N4O3S/c1-29-20-12-16-8-10-26(15-17(16)13-21(20)30-2)11-9-24-22(28)19-14-25-23(31)27(19)18-6-4-3-5-7-18/h3-7,12-14H,8-11,15H2,1-2H3,(H,24,28)(H,25,31). The quantitative estimate of drug-likeness (QED) is 0.554. The molecule has 0 saturated heterocycles. The predicted octanol–water partition coefficient (Wildman–Crippen LogP) is 3.34. The fraction of sp³-hybridized carbons (Fsp3) is 0.304. The maximum absolute atomic E-state index is 12.8. The summed E-state index contributed by atoms with van der Waals surface area (Å²) < 4.78 is 13.1. The predicted molar refractivity (Wildman–Crippen MR) is 122 cm³/mol. The SMILES string of the molecule is COc1cc2c(cc1OC)CN(CCNC(=O)c1c[nH]c(=S)n1-c1ccccc1)CC2. The number of nitrogens with zero attached hydrogens (tertiary/aromatic N) is 2. The number of methoxy groups -OCH3 is 2. The normalized spacial score (nSPS) is 13.5. The van der Waals surface area contributed by atoms with Crippen LogP contribution >= 0.6 is 12.2 Å². The fourth-order valence-corrected chi connectivity index (χ4v) is 4.18. The van der Waals surface area contributed by atoms with Gasteiger partial charge in [-0.15, -0.1) is 0 Å². The Morgan fingerprint density at radius 3 is 2.55 bits per heavy atom. The molecule has 0 spiro atoms. The zero-order valence-electron chi connectivity index (χ0n) is 17.7. The summed E-state index contributed by atoms with van der Waals surface area (Å²) in [7, 11) is 3.31. The van der Waals surface area contributed by atoms with Gasteiger partial charge in [-0.2, -0.15) is 0 Å². The number of aromatic nitrogens is 2. The molecule has 0 radical (unpaired) electrons. The van der Waals surface area contributed by atoms with E-state index in [-0.39, 0.29) is 5.91 Å². The van der Waals surface area contributed by atoms with E-state index in [1.807, 2.05) is 36.4 Å². The number of imidazole rings is 1. The Kier molecular flexibility index (Phi) is 6.39. The minimum atomic E-state index is -0.153. The van der Waals surface area contributed by atoms with Crippen molar-refractivity contribution < 1.29 is 14.3 Å². The van der Waals surface area contributed by atoms with Crippen molar-refractivity contribution in [2.75, 3.05) is 33.9 Å². The molecular weight excluding hydrogens is 412 g/mol. The molecule has 4 rings (SSSR count). The zero-order chi connectivity index (χ0) is 21.8. The molecule has 0 atom stereocenters. The molecule has 0 saturated carbocycles. The lowest BCUT2D eigenvalue weighted by Gasteiger charge is -2.29. The lowest BCUT2D eigenvalue weighted by molar-refractivity contribution is 0.0940. The van der Waals surface area contributed by atoms with E-state index >= 15 is 0 Å².